The maximum absolute atomic E-state index is 14.6. The molecule has 0 atom stereocenters. The summed E-state index contributed by atoms with van der Waals surface area (Å²) in [6.45, 7) is 4.36. The molecule has 170 valence electrons. The van der Waals surface area contributed by atoms with E-state index in [-0.39, 0.29) is 14.7 Å². The Balaban J connectivity index is 1.34. The zero-order valence-corrected chi connectivity index (χ0v) is 20.7. The van der Waals surface area contributed by atoms with E-state index in [1.165, 1.54) is 57.8 Å². The summed E-state index contributed by atoms with van der Waals surface area (Å²) in [7, 11) is -0.325. The van der Waals surface area contributed by atoms with Crippen molar-refractivity contribution < 1.29 is 8.78 Å². The highest BCUT2D eigenvalue weighted by molar-refractivity contribution is 6.58. The van der Waals surface area contributed by atoms with Gasteiger partial charge in [-0.2, -0.15) is 0 Å². The topological polar surface area (TPSA) is 0 Å². The van der Waals surface area contributed by atoms with E-state index in [0.717, 1.165) is 31.1 Å². The highest BCUT2D eigenvalue weighted by Gasteiger charge is 2.26. The van der Waals surface area contributed by atoms with Crippen molar-refractivity contribution in [3.63, 3.8) is 0 Å². The predicted molar refractivity (Wildman–Crippen MR) is 128 cm³/mol. The van der Waals surface area contributed by atoms with Gasteiger partial charge in [0, 0.05) is 8.80 Å². The van der Waals surface area contributed by atoms with E-state index in [1.54, 1.807) is 18.1 Å². The van der Waals surface area contributed by atoms with E-state index in [2.05, 4.69) is 6.92 Å². The first-order chi connectivity index (χ1) is 14.6. The Bertz CT molecular complexity index is 628. The monoisotopic (exact) mass is 434 g/mol. The van der Waals surface area contributed by atoms with Crippen LogP contribution in [0.5, 0.6) is 0 Å². The van der Waals surface area contributed by atoms with E-state index in [1.807, 2.05) is 19.1 Å². The summed E-state index contributed by atoms with van der Waals surface area (Å²) in [5.74, 6) is 0.883. The number of benzene rings is 1. The Kier molecular flexibility index (Phi) is 9.87. The molecule has 0 bridgehead atoms. The Labute approximate surface area is 185 Å². The molecular formula is C27H44F2Si. The van der Waals surface area contributed by atoms with Gasteiger partial charge in [-0.3, -0.25) is 0 Å². The Morgan fingerprint density at radius 2 is 1.43 bits per heavy atom. The van der Waals surface area contributed by atoms with Gasteiger partial charge < -0.3 is 0 Å². The van der Waals surface area contributed by atoms with Gasteiger partial charge in [-0.15, -0.1) is 0 Å². The lowest BCUT2D eigenvalue weighted by Crippen LogP contribution is -2.21. The van der Waals surface area contributed by atoms with Gasteiger partial charge in [0.15, 0.2) is 11.6 Å². The van der Waals surface area contributed by atoms with Gasteiger partial charge >= 0.3 is 0 Å². The van der Waals surface area contributed by atoms with Crippen molar-refractivity contribution in [2.45, 2.75) is 121 Å². The van der Waals surface area contributed by atoms with Crippen LogP contribution in [0.4, 0.5) is 8.78 Å². The molecule has 0 N–H and O–H groups in total. The molecule has 1 aromatic carbocycles. The van der Waals surface area contributed by atoms with Crippen molar-refractivity contribution in [3.8, 4) is 0 Å². The molecule has 2 aliphatic rings. The molecular weight excluding hydrogens is 390 g/mol. The molecule has 1 aliphatic carbocycles. The average Bonchev–Trinajstić information content (AvgIpc) is 2.77. The fourth-order valence-corrected chi connectivity index (χ4v) is 9.80. The molecule has 0 spiro atoms. The molecule has 3 heteroatoms. The van der Waals surface area contributed by atoms with Crippen LogP contribution in [-0.2, 0) is 6.42 Å². The van der Waals surface area contributed by atoms with Crippen LogP contribution in [0.1, 0.15) is 108 Å². The lowest BCUT2D eigenvalue weighted by Gasteiger charge is -2.30. The van der Waals surface area contributed by atoms with Crippen LogP contribution >= 0.6 is 0 Å². The van der Waals surface area contributed by atoms with Crippen LogP contribution in [0.2, 0.25) is 18.1 Å². The highest BCUT2D eigenvalue weighted by Crippen LogP contribution is 2.40. The maximum Gasteiger partial charge on any atom is 0.162 e. The Morgan fingerprint density at radius 3 is 2.03 bits per heavy atom. The second-order valence-electron chi connectivity index (χ2n) is 10.4. The van der Waals surface area contributed by atoms with E-state index in [4.69, 9.17) is 0 Å². The summed E-state index contributed by atoms with van der Waals surface area (Å²) in [5.41, 5.74) is 1.17. The lowest BCUT2D eigenvalue weighted by molar-refractivity contribution is 0.292. The minimum absolute atomic E-state index is 0.217. The molecule has 30 heavy (non-hydrogen) atoms. The highest BCUT2D eigenvalue weighted by atomic mass is 28.3. The molecule has 1 saturated heterocycles. The molecule has 1 heterocycles. The van der Waals surface area contributed by atoms with Gasteiger partial charge in [0.2, 0.25) is 0 Å². The van der Waals surface area contributed by atoms with E-state index >= 15 is 0 Å². The lowest BCUT2D eigenvalue weighted by atomic mass is 9.76. The van der Waals surface area contributed by atoms with Crippen LogP contribution in [-0.4, -0.2) is 8.80 Å². The normalized spacial score (nSPS) is 27.3. The van der Waals surface area contributed by atoms with Crippen molar-refractivity contribution in [1.82, 2.24) is 0 Å². The molecule has 0 aromatic heterocycles. The minimum Gasteiger partial charge on any atom is -0.203 e. The van der Waals surface area contributed by atoms with Crippen LogP contribution in [0.25, 0.3) is 0 Å². The Morgan fingerprint density at radius 1 is 0.800 bits per heavy atom. The number of hydrogen-bond acceptors (Lipinski definition) is 0. The second kappa shape index (κ2) is 12.4. The van der Waals surface area contributed by atoms with Crippen molar-refractivity contribution in [2.75, 3.05) is 0 Å². The van der Waals surface area contributed by atoms with Gasteiger partial charge in [0.05, 0.1) is 0 Å². The van der Waals surface area contributed by atoms with Crippen molar-refractivity contribution in [2.24, 2.45) is 11.8 Å². The van der Waals surface area contributed by atoms with Crippen molar-refractivity contribution in [3.05, 3.63) is 34.9 Å². The van der Waals surface area contributed by atoms with E-state index in [9.17, 15) is 8.78 Å². The summed E-state index contributed by atoms with van der Waals surface area (Å²) < 4.78 is 28.9. The van der Waals surface area contributed by atoms with Crippen LogP contribution in [0.15, 0.2) is 12.1 Å². The SMILES string of the molecule is CCCc1ccc(C2CCC(CCCCC3CC[SiH](CCC)CC3)CC2)c(F)c1F. The summed E-state index contributed by atoms with van der Waals surface area (Å²) in [6, 6.07) is 8.49. The number of hydrogen-bond donors (Lipinski definition) is 0. The molecule has 3 rings (SSSR count). The van der Waals surface area contributed by atoms with Gasteiger partial charge in [0.1, 0.15) is 0 Å². The van der Waals surface area contributed by atoms with E-state index in [0.29, 0.717) is 17.5 Å². The van der Waals surface area contributed by atoms with E-state index < -0.39 is 11.6 Å². The van der Waals surface area contributed by atoms with Crippen molar-refractivity contribution >= 4 is 8.80 Å². The molecule has 0 radical (unpaired) electrons. The molecule has 1 saturated carbocycles. The van der Waals surface area contributed by atoms with Gasteiger partial charge in [-0.25, -0.2) is 8.78 Å². The van der Waals surface area contributed by atoms with Crippen LogP contribution in [0, 0.1) is 23.5 Å². The second-order valence-corrected chi connectivity index (χ2v) is 13.8. The zero-order chi connectivity index (χ0) is 21.3. The molecule has 0 amide bonds. The number of aryl methyl sites for hydroxylation is 1. The Hall–Kier alpha value is -0.703. The summed E-state index contributed by atoms with van der Waals surface area (Å²) in [6.07, 6.45) is 16.0. The predicted octanol–water partition coefficient (Wildman–Crippen LogP) is 8.80. The third-order valence-electron chi connectivity index (χ3n) is 8.14. The minimum atomic E-state index is -0.595. The standard InChI is InChI=1S/C27H44F2Si/c1-3-7-24-14-15-25(27(29)26(24)28)23-12-10-21(11-13-23)8-5-6-9-22-16-19-30(18-4-2)20-17-22/h14-15,21-23,30H,3-13,16-20H2,1-2H3. The first kappa shape index (κ1) is 23.9. The zero-order valence-electron chi connectivity index (χ0n) is 19.5. The largest absolute Gasteiger partial charge is 0.203 e. The van der Waals surface area contributed by atoms with Crippen LogP contribution in [0.3, 0.4) is 0 Å². The third-order valence-corrected chi connectivity index (χ3v) is 11.8. The number of unbranched alkanes of at least 4 members (excludes halogenated alkanes) is 1. The first-order valence-corrected chi connectivity index (χ1v) is 15.5. The molecule has 0 unspecified atom stereocenters. The van der Waals surface area contributed by atoms with Crippen molar-refractivity contribution in [1.29, 1.82) is 0 Å². The molecule has 0 nitrogen and oxygen atoms in total. The van der Waals surface area contributed by atoms with Gasteiger partial charge in [-0.1, -0.05) is 95.5 Å². The summed E-state index contributed by atoms with van der Waals surface area (Å²) in [5, 5.41) is 0. The third kappa shape index (κ3) is 6.65. The quantitative estimate of drug-likeness (QED) is 0.255. The maximum atomic E-state index is 14.6. The molecule has 2 fully saturated rings. The van der Waals surface area contributed by atoms with Gasteiger partial charge in [-0.05, 0) is 61.0 Å². The molecule has 1 aliphatic heterocycles. The summed E-state index contributed by atoms with van der Waals surface area (Å²) >= 11 is 0. The fourth-order valence-electron chi connectivity index (χ4n) is 6.23. The molecule has 1 aromatic rings. The van der Waals surface area contributed by atoms with Gasteiger partial charge in [0.25, 0.3) is 0 Å². The number of rotatable bonds is 10. The van der Waals surface area contributed by atoms with Crippen LogP contribution < -0.4 is 0 Å². The fraction of sp³-hybridized carbons (Fsp3) is 0.778. The first-order valence-electron chi connectivity index (χ1n) is 13.1. The smallest absolute Gasteiger partial charge is 0.162 e. The number of halogens is 2. The average molecular weight is 435 g/mol. The summed E-state index contributed by atoms with van der Waals surface area (Å²) in [4.78, 5) is 0.